The standard InChI is InChI=1S/C18H18IN5O3/c19-14-4-2-1-3-13(14)17(26)22-12-16(25)23-7-9-24(10-8-23)18(27)15-11-20-5-6-21-15/h1-6,11H,7-10,12H2,(H,22,26). The Morgan fingerprint density at radius 3 is 2.41 bits per heavy atom. The van der Waals surface area contributed by atoms with Crippen molar-refractivity contribution < 1.29 is 14.4 Å². The van der Waals surface area contributed by atoms with Crippen LogP contribution in [0, 0.1) is 3.57 Å². The number of halogens is 1. The predicted molar refractivity (Wildman–Crippen MR) is 106 cm³/mol. The van der Waals surface area contributed by atoms with Gasteiger partial charge in [0.05, 0.1) is 18.3 Å². The molecule has 0 unspecified atom stereocenters. The van der Waals surface area contributed by atoms with Crippen LogP contribution in [0.25, 0.3) is 0 Å². The van der Waals surface area contributed by atoms with E-state index in [0.29, 0.717) is 37.4 Å². The van der Waals surface area contributed by atoms with E-state index in [1.807, 2.05) is 12.1 Å². The summed E-state index contributed by atoms with van der Waals surface area (Å²) in [6.07, 6.45) is 4.42. The Bertz CT molecular complexity index is 838. The summed E-state index contributed by atoms with van der Waals surface area (Å²) in [6, 6.07) is 7.20. The van der Waals surface area contributed by atoms with Gasteiger partial charge in [-0.15, -0.1) is 0 Å². The van der Waals surface area contributed by atoms with Gasteiger partial charge in [-0.3, -0.25) is 19.4 Å². The predicted octanol–water partition coefficient (Wildman–Crippen LogP) is 0.796. The van der Waals surface area contributed by atoms with E-state index >= 15 is 0 Å². The summed E-state index contributed by atoms with van der Waals surface area (Å²) < 4.78 is 0.830. The van der Waals surface area contributed by atoms with Crippen LogP contribution in [0.1, 0.15) is 20.8 Å². The topological polar surface area (TPSA) is 95.5 Å². The van der Waals surface area contributed by atoms with E-state index in [0.717, 1.165) is 3.57 Å². The van der Waals surface area contributed by atoms with Crippen LogP contribution in [0.3, 0.4) is 0 Å². The van der Waals surface area contributed by atoms with Crippen LogP contribution >= 0.6 is 22.6 Å². The second kappa shape index (κ2) is 8.89. The van der Waals surface area contributed by atoms with Gasteiger partial charge in [0.15, 0.2) is 0 Å². The molecule has 0 saturated carbocycles. The molecule has 1 N–H and O–H groups in total. The van der Waals surface area contributed by atoms with Gasteiger partial charge in [0, 0.05) is 42.1 Å². The molecular formula is C18H18IN5O3. The zero-order valence-electron chi connectivity index (χ0n) is 14.5. The molecule has 8 nitrogen and oxygen atoms in total. The number of nitrogens with zero attached hydrogens (tertiary/aromatic N) is 4. The fraction of sp³-hybridized carbons (Fsp3) is 0.278. The van der Waals surface area contributed by atoms with Gasteiger partial charge in [-0.2, -0.15) is 0 Å². The van der Waals surface area contributed by atoms with E-state index in [-0.39, 0.29) is 24.3 Å². The number of benzene rings is 1. The molecule has 140 valence electrons. The number of hydrogen-bond acceptors (Lipinski definition) is 5. The van der Waals surface area contributed by atoms with Crippen molar-refractivity contribution in [2.45, 2.75) is 0 Å². The summed E-state index contributed by atoms with van der Waals surface area (Å²) in [5.74, 6) is -0.632. The first-order valence-corrected chi connectivity index (χ1v) is 9.50. The van der Waals surface area contributed by atoms with Gasteiger partial charge >= 0.3 is 0 Å². The minimum absolute atomic E-state index is 0.0675. The van der Waals surface area contributed by atoms with E-state index in [9.17, 15) is 14.4 Å². The Morgan fingerprint density at radius 2 is 1.74 bits per heavy atom. The van der Waals surface area contributed by atoms with E-state index in [2.05, 4.69) is 37.9 Å². The first-order valence-electron chi connectivity index (χ1n) is 8.42. The highest BCUT2D eigenvalue weighted by molar-refractivity contribution is 14.1. The molecule has 0 atom stereocenters. The maximum absolute atomic E-state index is 12.3. The molecule has 1 saturated heterocycles. The summed E-state index contributed by atoms with van der Waals surface area (Å²) in [6.45, 7) is 1.62. The Hall–Kier alpha value is -2.56. The molecule has 9 heteroatoms. The van der Waals surface area contributed by atoms with Gasteiger partial charge in [-0.25, -0.2) is 4.98 Å². The Balaban J connectivity index is 1.48. The number of piperazine rings is 1. The largest absolute Gasteiger partial charge is 0.343 e. The first kappa shape index (κ1) is 19.2. The number of amides is 3. The lowest BCUT2D eigenvalue weighted by atomic mass is 10.2. The van der Waals surface area contributed by atoms with Crippen LogP contribution in [0.2, 0.25) is 0 Å². The lowest BCUT2D eigenvalue weighted by molar-refractivity contribution is -0.131. The minimum atomic E-state index is -0.273. The summed E-state index contributed by atoms with van der Waals surface area (Å²) in [5.41, 5.74) is 0.840. The van der Waals surface area contributed by atoms with Crippen molar-refractivity contribution in [1.29, 1.82) is 0 Å². The van der Waals surface area contributed by atoms with Crippen molar-refractivity contribution in [2.75, 3.05) is 32.7 Å². The molecule has 0 aliphatic carbocycles. The maximum Gasteiger partial charge on any atom is 0.274 e. The van der Waals surface area contributed by atoms with Gasteiger partial charge in [-0.1, -0.05) is 12.1 Å². The third-order valence-electron chi connectivity index (χ3n) is 4.22. The van der Waals surface area contributed by atoms with E-state index in [1.54, 1.807) is 21.9 Å². The Labute approximate surface area is 170 Å². The van der Waals surface area contributed by atoms with Gasteiger partial charge in [0.1, 0.15) is 5.69 Å². The zero-order valence-corrected chi connectivity index (χ0v) is 16.6. The quantitative estimate of drug-likeness (QED) is 0.655. The van der Waals surface area contributed by atoms with Crippen LogP contribution < -0.4 is 5.32 Å². The van der Waals surface area contributed by atoms with Gasteiger partial charge in [0.2, 0.25) is 5.91 Å². The fourth-order valence-corrected chi connectivity index (χ4v) is 3.37. The number of rotatable bonds is 4. The van der Waals surface area contributed by atoms with E-state index < -0.39 is 0 Å². The highest BCUT2D eigenvalue weighted by atomic mass is 127. The molecule has 0 bridgehead atoms. The molecule has 3 amide bonds. The number of aromatic nitrogens is 2. The smallest absolute Gasteiger partial charge is 0.274 e. The lowest BCUT2D eigenvalue weighted by Gasteiger charge is -2.34. The Kier molecular flexibility index (Phi) is 6.32. The van der Waals surface area contributed by atoms with Crippen LogP contribution in [0.5, 0.6) is 0 Å². The fourth-order valence-electron chi connectivity index (χ4n) is 2.74. The summed E-state index contributed by atoms with van der Waals surface area (Å²) in [7, 11) is 0. The third-order valence-corrected chi connectivity index (χ3v) is 5.16. The molecule has 1 aromatic carbocycles. The van der Waals surface area contributed by atoms with Crippen molar-refractivity contribution in [3.8, 4) is 0 Å². The van der Waals surface area contributed by atoms with Crippen molar-refractivity contribution in [2.24, 2.45) is 0 Å². The molecule has 3 rings (SSSR count). The highest BCUT2D eigenvalue weighted by Gasteiger charge is 2.25. The van der Waals surface area contributed by atoms with Crippen LogP contribution in [0.4, 0.5) is 0 Å². The number of hydrogen-bond donors (Lipinski definition) is 1. The first-order chi connectivity index (χ1) is 13.1. The molecular weight excluding hydrogens is 461 g/mol. The molecule has 1 aliphatic rings. The summed E-state index contributed by atoms with van der Waals surface area (Å²) in [4.78, 5) is 48.1. The number of nitrogens with one attached hydrogen (secondary N) is 1. The van der Waals surface area contributed by atoms with Crippen LogP contribution in [0.15, 0.2) is 42.9 Å². The zero-order chi connectivity index (χ0) is 19.2. The van der Waals surface area contributed by atoms with E-state index in [4.69, 9.17) is 0 Å². The van der Waals surface area contributed by atoms with E-state index in [1.165, 1.54) is 18.6 Å². The number of carbonyl (C=O) groups is 3. The monoisotopic (exact) mass is 479 g/mol. The SMILES string of the molecule is O=C(NCC(=O)N1CCN(C(=O)c2cnccn2)CC1)c1ccccc1I. The van der Waals surface area contributed by atoms with Gasteiger partial charge in [-0.05, 0) is 34.7 Å². The molecule has 1 aromatic heterocycles. The molecule has 0 spiro atoms. The van der Waals surface area contributed by atoms with Gasteiger partial charge < -0.3 is 15.1 Å². The normalized spacial score (nSPS) is 14.0. The average molecular weight is 479 g/mol. The molecule has 1 aliphatic heterocycles. The lowest BCUT2D eigenvalue weighted by Crippen LogP contribution is -2.52. The summed E-state index contributed by atoms with van der Waals surface area (Å²) >= 11 is 2.09. The van der Waals surface area contributed by atoms with Crippen molar-refractivity contribution >= 4 is 40.3 Å². The maximum atomic E-state index is 12.3. The van der Waals surface area contributed by atoms with Gasteiger partial charge in [0.25, 0.3) is 11.8 Å². The minimum Gasteiger partial charge on any atom is -0.343 e. The van der Waals surface area contributed by atoms with Crippen LogP contribution in [-0.4, -0.2) is 70.2 Å². The van der Waals surface area contributed by atoms with Crippen LogP contribution in [-0.2, 0) is 4.79 Å². The molecule has 2 aromatic rings. The third kappa shape index (κ3) is 4.79. The summed E-state index contributed by atoms with van der Waals surface area (Å²) in [5, 5.41) is 2.66. The molecule has 27 heavy (non-hydrogen) atoms. The average Bonchev–Trinajstić information content (AvgIpc) is 2.72. The van der Waals surface area contributed by atoms with Crippen molar-refractivity contribution in [3.05, 3.63) is 57.7 Å². The number of carbonyl (C=O) groups excluding carboxylic acids is 3. The molecule has 2 heterocycles. The Morgan fingerprint density at radius 1 is 1.04 bits per heavy atom. The second-order valence-electron chi connectivity index (χ2n) is 5.93. The van der Waals surface area contributed by atoms with Crippen molar-refractivity contribution in [1.82, 2.24) is 25.1 Å². The second-order valence-corrected chi connectivity index (χ2v) is 7.09. The van der Waals surface area contributed by atoms with Crippen molar-refractivity contribution in [3.63, 3.8) is 0 Å². The molecule has 0 radical (unpaired) electrons. The highest BCUT2D eigenvalue weighted by Crippen LogP contribution is 2.11. The molecule has 1 fully saturated rings.